The molecule has 0 heterocycles. The maximum Gasteiger partial charge on any atom is 1.00 e. The Kier molecular flexibility index (Phi) is 7.12. The molecule has 1 unspecified atom stereocenters. The molecule has 0 saturated heterocycles. The normalized spacial score (nSPS) is 12.3. The van der Waals surface area contributed by atoms with Crippen molar-refractivity contribution in [3.8, 4) is 17.2 Å². The molecule has 1 atom stereocenters. The van der Waals surface area contributed by atoms with Crippen LogP contribution in [-0.2, 0) is 10.1 Å². The van der Waals surface area contributed by atoms with E-state index in [9.17, 15) is 18.1 Å². The van der Waals surface area contributed by atoms with E-state index in [2.05, 4.69) is 0 Å². The number of benzene rings is 1. The van der Waals surface area contributed by atoms with Gasteiger partial charge in [0, 0.05) is 5.56 Å². The summed E-state index contributed by atoms with van der Waals surface area (Å²) in [6.07, 6.45) is 0. The molecule has 0 aliphatic rings. The first-order valence-electron chi connectivity index (χ1n) is 4.77. The third-order valence-corrected chi connectivity index (χ3v) is 3.06. The van der Waals surface area contributed by atoms with Crippen molar-refractivity contribution in [2.45, 2.75) is 5.44 Å². The first-order chi connectivity index (χ1) is 8.35. The van der Waals surface area contributed by atoms with E-state index in [0.717, 1.165) is 0 Å². The maximum absolute atomic E-state index is 10.8. The summed E-state index contributed by atoms with van der Waals surface area (Å²) in [5.41, 5.74) is -2.34. The Balaban J connectivity index is 0.00000324. The van der Waals surface area contributed by atoms with Crippen LogP contribution in [0.1, 0.15) is 11.0 Å². The van der Waals surface area contributed by atoms with E-state index in [1.807, 2.05) is 0 Å². The van der Waals surface area contributed by atoms with Gasteiger partial charge in [-0.3, -0.25) is 0 Å². The number of methoxy groups -OCH3 is 3. The molecule has 0 radical (unpaired) electrons. The summed E-state index contributed by atoms with van der Waals surface area (Å²) < 4.78 is 47.3. The monoisotopic (exact) mass is 300 g/mol. The first kappa shape index (κ1) is 18.5. The average Bonchev–Trinajstić information content (AvgIpc) is 2.34. The molecule has 1 aromatic carbocycles. The molecular formula is C10H13NaO7S. The second-order valence-electron chi connectivity index (χ2n) is 3.30. The van der Waals surface area contributed by atoms with Crippen LogP contribution in [0.5, 0.6) is 17.2 Å². The fourth-order valence-corrected chi connectivity index (χ4v) is 1.88. The molecule has 7 nitrogen and oxygen atoms in total. The van der Waals surface area contributed by atoms with Crippen molar-refractivity contribution >= 4 is 10.1 Å². The standard InChI is InChI=1S/C10H14O7S.Na/c1-15-7-4-6(10(11)18(12,13)14)5-8(16-2)9(7)17-3;/h4-5,10-11H,1-3H3,(H,12,13,14);/q;+1/p-1. The van der Waals surface area contributed by atoms with Crippen molar-refractivity contribution in [1.82, 2.24) is 0 Å². The smallest absolute Gasteiger partial charge is 0.746 e. The van der Waals surface area contributed by atoms with Gasteiger partial charge in [-0.05, 0) is 12.1 Å². The van der Waals surface area contributed by atoms with Gasteiger partial charge in [-0.2, -0.15) is 0 Å². The van der Waals surface area contributed by atoms with Gasteiger partial charge in [-0.15, -0.1) is 0 Å². The summed E-state index contributed by atoms with van der Waals surface area (Å²) >= 11 is 0. The Bertz CT molecular complexity index is 504. The molecule has 0 aromatic heterocycles. The number of rotatable bonds is 5. The Morgan fingerprint density at radius 1 is 1.11 bits per heavy atom. The van der Waals surface area contributed by atoms with Crippen LogP contribution in [0.4, 0.5) is 0 Å². The van der Waals surface area contributed by atoms with E-state index >= 15 is 0 Å². The quantitative estimate of drug-likeness (QED) is 0.464. The number of hydrogen-bond acceptors (Lipinski definition) is 7. The van der Waals surface area contributed by atoms with Crippen LogP contribution in [0.25, 0.3) is 0 Å². The summed E-state index contributed by atoms with van der Waals surface area (Å²) in [6.45, 7) is 0. The van der Waals surface area contributed by atoms with E-state index in [4.69, 9.17) is 14.2 Å². The summed E-state index contributed by atoms with van der Waals surface area (Å²) in [5.74, 6) is 0.531. The van der Waals surface area contributed by atoms with Crippen LogP contribution in [0, 0.1) is 0 Å². The fourth-order valence-electron chi connectivity index (χ4n) is 1.41. The van der Waals surface area contributed by atoms with E-state index in [1.165, 1.54) is 33.5 Å². The third-order valence-electron chi connectivity index (χ3n) is 2.25. The molecule has 0 amide bonds. The molecule has 0 spiro atoms. The first-order valence-corrected chi connectivity index (χ1v) is 6.25. The molecule has 0 fully saturated rings. The van der Waals surface area contributed by atoms with Gasteiger partial charge in [0.05, 0.1) is 21.3 Å². The van der Waals surface area contributed by atoms with Gasteiger partial charge in [-0.25, -0.2) is 8.42 Å². The van der Waals surface area contributed by atoms with Crippen LogP contribution < -0.4 is 43.8 Å². The van der Waals surface area contributed by atoms with Crippen LogP contribution in [0.15, 0.2) is 12.1 Å². The van der Waals surface area contributed by atoms with Crippen LogP contribution in [-0.4, -0.2) is 39.4 Å². The molecule has 1 rings (SSSR count). The summed E-state index contributed by atoms with van der Waals surface area (Å²) in [5, 5.41) is 9.41. The van der Waals surface area contributed by atoms with Crippen LogP contribution in [0.2, 0.25) is 0 Å². The van der Waals surface area contributed by atoms with Crippen molar-refractivity contribution in [2.24, 2.45) is 0 Å². The number of hydrogen-bond donors (Lipinski definition) is 1. The largest absolute Gasteiger partial charge is 1.00 e. The van der Waals surface area contributed by atoms with E-state index in [1.54, 1.807) is 0 Å². The van der Waals surface area contributed by atoms with E-state index in [-0.39, 0.29) is 52.4 Å². The summed E-state index contributed by atoms with van der Waals surface area (Å²) in [4.78, 5) is 0. The van der Waals surface area contributed by atoms with Gasteiger partial charge in [0.25, 0.3) is 0 Å². The molecule has 1 N–H and O–H groups in total. The molecule has 102 valence electrons. The Morgan fingerprint density at radius 2 is 1.53 bits per heavy atom. The van der Waals surface area contributed by atoms with Crippen LogP contribution >= 0.6 is 0 Å². The SMILES string of the molecule is COc1cc(C(O)S(=O)(=O)[O-])cc(OC)c1OC.[Na+]. The molecule has 0 aliphatic heterocycles. The Labute approximate surface area is 133 Å². The minimum atomic E-state index is -4.87. The van der Waals surface area contributed by atoms with Crippen LogP contribution in [0.3, 0.4) is 0 Å². The van der Waals surface area contributed by atoms with Gasteiger partial charge in [-0.1, -0.05) is 0 Å². The van der Waals surface area contributed by atoms with Crippen molar-refractivity contribution in [2.75, 3.05) is 21.3 Å². The zero-order valence-corrected chi connectivity index (χ0v) is 13.9. The van der Waals surface area contributed by atoms with Crippen molar-refractivity contribution < 1.29 is 61.8 Å². The number of aliphatic hydroxyl groups excluding tert-OH is 1. The summed E-state index contributed by atoms with van der Waals surface area (Å²) in [7, 11) is -0.831. The third kappa shape index (κ3) is 4.23. The minimum Gasteiger partial charge on any atom is -0.746 e. The zero-order chi connectivity index (χ0) is 13.9. The fraction of sp³-hybridized carbons (Fsp3) is 0.400. The van der Waals surface area contributed by atoms with Crippen molar-refractivity contribution in [3.63, 3.8) is 0 Å². The predicted molar refractivity (Wildman–Crippen MR) is 60.8 cm³/mol. The molecule has 0 saturated carbocycles. The van der Waals surface area contributed by atoms with Crippen molar-refractivity contribution in [1.29, 1.82) is 0 Å². The van der Waals surface area contributed by atoms with E-state index in [0.29, 0.717) is 0 Å². The molecule has 1 aromatic rings. The Morgan fingerprint density at radius 3 is 1.79 bits per heavy atom. The average molecular weight is 300 g/mol. The van der Waals surface area contributed by atoms with Gasteiger partial charge in [0.2, 0.25) is 5.75 Å². The van der Waals surface area contributed by atoms with Gasteiger partial charge < -0.3 is 23.9 Å². The second kappa shape index (κ2) is 7.32. The molecule has 0 bridgehead atoms. The number of aliphatic hydroxyl groups is 1. The van der Waals surface area contributed by atoms with Crippen molar-refractivity contribution in [3.05, 3.63) is 17.7 Å². The minimum absolute atomic E-state index is 0. The summed E-state index contributed by atoms with van der Waals surface area (Å²) in [6, 6.07) is 2.39. The Hall–Kier alpha value is -0.510. The zero-order valence-electron chi connectivity index (χ0n) is 11.0. The molecule has 0 aliphatic carbocycles. The van der Waals surface area contributed by atoms with Gasteiger partial charge in [0.1, 0.15) is 10.1 Å². The predicted octanol–water partition coefficient (Wildman–Crippen LogP) is -2.75. The van der Waals surface area contributed by atoms with E-state index < -0.39 is 15.6 Å². The van der Waals surface area contributed by atoms with Gasteiger partial charge >= 0.3 is 29.6 Å². The molecule has 9 heteroatoms. The maximum atomic E-state index is 10.8. The van der Waals surface area contributed by atoms with Gasteiger partial charge in [0.15, 0.2) is 16.9 Å². The number of ether oxygens (including phenoxy) is 3. The second-order valence-corrected chi connectivity index (χ2v) is 4.74. The molecule has 19 heavy (non-hydrogen) atoms. The topological polar surface area (TPSA) is 105 Å². The molecular weight excluding hydrogens is 287 g/mol.